The number of carbonyl (C=O) groups excluding carboxylic acids is 1. The number of anilines is 1. The average Bonchev–Trinajstić information content (AvgIpc) is 3.02. The number of amidine groups is 1. The molecule has 2 aliphatic heterocycles. The number of ether oxygens (including phenoxy) is 2. The van der Waals surface area contributed by atoms with E-state index in [0.29, 0.717) is 5.75 Å². The third-order valence-electron chi connectivity index (χ3n) is 5.32. The van der Waals surface area contributed by atoms with Gasteiger partial charge in [-0.15, -0.1) is 0 Å². The van der Waals surface area contributed by atoms with Gasteiger partial charge in [0.25, 0.3) is 5.91 Å². The maximum Gasteiger partial charge on any atom is 0.270 e. The lowest BCUT2D eigenvalue weighted by Gasteiger charge is -2.26. The van der Waals surface area contributed by atoms with E-state index in [1.54, 1.807) is 4.90 Å². The van der Waals surface area contributed by atoms with Crippen LogP contribution in [0.2, 0.25) is 0 Å². The molecular weight excluding hydrogens is 388 g/mol. The maximum absolute atomic E-state index is 13.3. The number of para-hydroxylation sites is 1. The van der Waals surface area contributed by atoms with Gasteiger partial charge in [0.1, 0.15) is 11.4 Å². The standard InChI is InChI=1S/C25H28N2O3.CH4/c1-17-11-13-20(14-12-17)27(22-10-5-7-18(2)26-22)23(28)16-29-21-9-6-8-19-15-25(3,4)30-24(19)21;/h6-9,11-14H,5,10,15-16H2,1-4H3;1H4. The first-order valence-corrected chi connectivity index (χ1v) is 10.4. The number of rotatable bonds is 4. The molecule has 0 fully saturated rings. The van der Waals surface area contributed by atoms with Crippen molar-refractivity contribution in [2.75, 3.05) is 11.5 Å². The Bertz CT molecular complexity index is 1020. The van der Waals surface area contributed by atoms with Gasteiger partial charge in [-0.3, -0.25) is 9.69 Å². The second-order valence-electron chi connectivity index (χ2n) is 8.55. The summed E-state index contributed by atoms with van der Waals surface area (Å²) in [6.45, 7) is 8.01. The van der Waals surface area contributed by atoms with Gasteiger partial charge in [0.2, 0.25) is 0 Å². The molecule has 164 valence electrons. The van der Waals surface area contributed by atoms with Crippen LogP contribution in [0.3, 0.4) is 0 Å². The summed E-state index contributed by atoms with van der Waals surface area (Å²) in [6.07, 6.45) is 4.50. The van der Waals surface area contributed by atoms with Crippen LogP contribution in [-0.4, -0.2) is 24.0 Å². The zero-order chi connectivity index (χ0) is 21.3. The van der Waals surface area contributed by atoms with E-state index in [1.807, 2.05) is 56.3 Å². The van der Waals surface area contributed by atoms with Crippen LogP contribution < -0.4 is 14.4 Å². The van der Waals surface area contributed by atoms with Gasteiger partial charge in [0.05, 0.1) is 5.69 Å². The third-order valence-corrected chi connectivity index (χ3v) is 5.32. The Kier molecular flexibility index (Phi) is 6.54. The van der Waals surface area contributed by atoms with E-state index in [9.17, 15) is 4.79 Å². The van der Waals surface area contributed by atoms with E-state index >= 15 is 0 Å². The van der Waals surface area contributed by atoms with Crippen LogP contribution in [0.4, 0.5) is 5.69 Å². The quantitative estimate of drug-likeness (QED) is 0.623. The number of benzene rings is 2. The summed E-state index contributed by atoms with van der Waals surface area (Å²) in [6, 6.07) is 13.8. The first kappa shape index (κ1) is 22.6. The molecule has 0 spiro atoms. The number of nitrogens with zero attached hydrogens (tertiary/aromatic N) is 2. The number of amides is 1. The molecule has 0 saturated carbocycles. The molecule has 2 aromatic rings. The lowest BCUT2D eigenvalue weighted by Crippen LogP contribution is -2.40. The lowest BCUT2D eigenvalue weighted by atomic mass is 10.0. The van der Waals surface area contributed by atoms with E-state index in [4.69, 9.17) is 9.47 Å². The average molecular weight is 421 g/mol. The fourth-order valence-electron chi connectivity index (χ4n) is 3.91. The van der Waals surface area contributed by atoms with Crippen molar-refractivity contribution in [2.24, 2.45) is 4.99 Å². The normalized spacial score (nSPS) is 16.3. The Hall–Kier alpha value is -3.08. The van der Waals surface area contributed by atoms with Crippen LogP contribution in [0, 0.1) is 6.92 Å². The van der Waals surface area contributed by atoms with E-state index in [1.165, 1.54) is 0 Å². The summed E-state index contributed by atoms with van der Waals surface area (Å²) < 4.78 is 12.0. The van der Waals surface area contributed by atoms with Crippen molar-refractivity contribution < 1.29 is 14.3 Å². The number of hydrogen-bond donors (Lipinski definition) is 0. The summed E-state index contributed by atoms with van der Waals surface area (Å²) >= 11 is 0. The Morgan fingerprint density at radius 2 is 1.90 bits per heavy atom. The fraction of sp³-hybridized carbons (Fsp3) is 0.385. The highest BCUT2D eigenvalue weighted by atomic mass is 16.5. The Balaban J connectivity index is 0.00000272. The number of carbonyl (C=O) groups is 1. The molecule has 0 aromatic heterocycles. The predicted octanol–water partition coefficient (Wildman–Crippen LogP) is 5.85. The number of fused-ring (bicyclic) bond motifs is 1. The molecule has 5 nitrogen and oxygen atoms in total. The van der Waals surface area contributed by atoms with Gasteiger partial charge in [-0.2, -0.15) is 0 Å². The Morgan fingerprint density at radius 3 is 2.61 bits per heavy atom. The van der Waals surface area contributed by atoms with Crippen molar-refractivity contribution in [1.29, 1.82) is 0 Å². The molecule has 0 N–H and O–H groups in total. The van der Waals surface area contributed by atoms with E-state index < -0.39 is 0 Å². The van der Waals surface area contributed by atoms with Crippen LogP contribution >= 0.6 is 0 Å². The first-order valence-electron chi connectivity index (χ1n) is 10.4. The molecular formula is C26H32N2O3. The number of allylic oxidation sites excluding steroid dienone is 2. The van der Waals surface area contributed by atoms with Gasteiger partial charge in [0.15, 0.2) is 18.1 Å². The molecule has 2 aliphatic rings. The minimum Gasteiger partial charge on any atom is -0.483 e. The highest BCUT2D eigenvalue weighted by Crippen LogP contribution is 2.41. The summed E-state index contributed by atoms with van der Waals surface area (Å²) in [5, 5.41) is 0. The minimum atomic E-state index is -0.263. The molecule has 0 bridgehead atoms. The van der Waals surface area contributed by atoms with Gasteiger partial charge in [-0.1, -0.05) is 43.3 Å². The van der Waals surface area contributed by atoms with Gasteiger partial charge < -0.3 is 9.47 Å². The minimum absolute atomic E-state index is 0. The molecule has 1 amide bonds. The van der Waals surface area contributed by atoms with E-state index in [2.05, 4.69) is 24.9 Å². The summed E-state index contributed by atoms with van der Waals surface area (Å²) in [5.74, 6) is 1.95. The van der Waals surface area contributed by atoms with Gasteiger partial charge in [0, 0.05) is 24.1 Å². The van der Waals surface area contributed by atoms with Gasteiger partial charge >= 0.3 is 0 Å². The number of hydrogen-bond acceptors (Lipinski definition) is 4. The molecule has 0 radical (unpaired) electrons. The molecule has 5 heteroatoms. The summed E-state index contributed by atoms with van der Waals surface area (Å²) in [4.78, 5) is 19.6. The topological polar surface area (TPSA) is 51.1 Å². The SMILES string of the molecule is C.CC1=CCCC(N(C(=O)COc2cccc3c2OC(C)(C)C3)c2ccc(C)cc2)=N1. The molecule has 2 aromatic carbocycles. The first-order chi connectivity index (χ1) is 14.3. The molecule has 0 saturated heterocycles. The number of aliphatic imine (C=N–C) groups is 1. The Labute approximate surface area is 185 Å². The fourth-order valence-corrected chi connectivity index (χ4v) is 3.91. The van der Waals surface area contributed by atoms with E-state index in [0.717, 1.165) is 53.4 Å². The summed E-state index contributed by atoms with van der Waals surface area (Å²) in [5.41, 5.74) is 3.72. The van der Waals surface area contributed by atoms with Crippen molar-refractivity contribution in [2.45, 2.75) is 60.0 Å². The van der Waals surface area contributed by atoms with Crippen LogP contribution in [0.25, 0.3) is 0 Å². The van der Waals surface area contributed by atoms with Crippen molar-refractivity contribution in [3.63, 3.8) is 0 Å². The highest BCUT2D eigenvalue weighted by Gasteiger charge is 2.32. The zero-order valence-electron chi connectivity index (χ0n) is 18.1. The van der Waals surface area contributed by atoms with Crippen molar-refractivity contribution >= 4 is 17.4 Å². The monoisotopic (exact) mass is 420 g/mol. The molecule has 2 heterocycles. The smallest absolute Gasteiger partial charge is 0.270 e. The van der Waals surface area contributed by atoms with Crippen molar-refractivity contribution in [3.8, 4) is 11.5 Å². The zero-order valence-corrected chi connectivity index (χ0v) is 18.1. The van der Waals surface area contributed by atoms with Crippen LogP contribution in [0.5, 0.6) is 11.5 Å². The molecule has 0 aliphatic carbocycles. The van der Waals surface area contributed by atoms with Crippen molar-refractivity contribution in [1.82, 2.24) is 0 Å². The summed E-state index contributed by atoms with van der Waals surface area (Å²) in [7, 11) is 0. The predicted molar refractivity (Wildman–Crippen MR) is 126 cm³/mol. The lowest BCUT2D eigenvalue weighted by molar-refractivity contribution is -0.119. The molecule has 31 heavy (non-hydrogen) atoms. The third kappa shape index (κ3) is 4.98. The van der Waals surface area contributed by atoms with E-state index in [-0.39, 0.29) is 25.5 Å². The second-order valence-corrected chi connectivity index (χ2v) is 8.55. The maximum atomic E-state index is 13.3. The Morgan fingerprint density at radius 1 is 1.16 bits per heavy atom. The molecule has 0 atom stereocenters. The largest absolute Gasteiger partial charge is 0.483 e. The molecule has 4 rings (SSSR count). The van der Waals surface area contributed by atoms with Crippen molar-refractivity contribution in [3.05, 3.63) is 65.4 Å². The highest BCUT2D eigenvalue weighted by molar-refractivity contribution is 6.18. The molecule has 0 unspecified atom stereocenters. The van der Waals surface area contributed by atoms with Crippen LogP contribution in [-0.2, 0) is 11.2 Å². The van der Waals surface area contributed by atoms with Gasteiger partial charge in [-0.25, -0.2) is 4.99 Å². The number of aryl methyl sites for hydroxylation is 1. The van der Waals surface area contributed by atoms with Crippen LogP contribution in [0.15, 0.2) is 59.2 Å². The van der Waals surface area contributed by atoms with Gasteiger partial charge in [-0.05, 0) is 52.3 Å². The second kappa shape index (κ2) is 8.96. The van der Waals surface area contributed by atoms with Crippen LogP contribution in [0.1, 0.15) is 52.2 Å².